The Balaban J connectivity index is 2.26. The molecule has 162 valence electrons. The Morgan fingerprint density at radius 2 is 1.20 bits per heavy atom. The molecule has 0 radical (unpaired) electrons. The molecule has 0 amide bonds. The smallest absolute Gasteiger partial charge is 0.300 e. The number of carbonyl (C=O) groups excluding carboxylic acids is 1. The maximum atomic E-state index is 12.7. The first-order chi connectivity index (χ1) is 13.7. The maximum Gasteiger partial charge on any atom is 0.416 e. The molecule has 0 aliphatic rings. The zero-order chi connectivity index (χ0) is 22.7. The van der Waals surface area contributed by atoms with Crippen LogP contribution in [0.3, 0.4) is 0 Å². The van der Waals surface area contributed by atoms with Crippen molar-refractivity contribution in [3.05, 3.63) is 59.7 Å². The minimum atomic E-state index is -4.51. The highest BCUT2D eigenvalue weighted by Gasteiger charge is 2.31. The van der Waals surface area contributed by atoms with Crippen LogP contribution in [0.15, 0.2) is 53.5 Å². The molecular formula is C20H19F6N3O. The zero-order valence-corrected chi connectivity index (χ0v) is 16.2. The van der Waals surface area contributed by atoms with Gasteiger partial charge in [0.1, 0.15) is 0 Å². The van der Waals surface area contributed by atoms with Gasteiger partial charge >= 0.3 is 12.4 Å². The van der Waals surface area contributed by atoms with E-state index >= 15 is 0 Å². The number of benzene rings is 2. The molecule has 0 bridgehead atoms. The fourth-order valence-electron chi connectivity index (χ4n) is 2.22. The van der Waals surface area contributed by atoms with Crippen LogP contribution >= 0.6 is 0 Å². The van der Waals surface area contributed by atoms with Gasteiger partial charge in [-0.3, -0.25) is 15.6 Å². The lowest BCUT2D eigenvalue weighted by molar-refractivity contribution is -0.138. The molecule has 0 heterocycles. The first-order valence-corrected chi connectivity index (χ1v) is 8.68. The molecule has 0 aromatic heterocycles. The van der Waals surface area contributed by atoms with E-state index < -0.39 is 34.7 Å². The van der Waals surface area contributed by atoms with Gasteiger partial charge in [-0.1, -0.05) is 20.8 Å². The molecule has 0 unspecified atom stereocenters. The number of alkyl halides is 6. The van der Waals surface area contributed by atoms with Gasteiger partial charge in [0, 0.05) is 5.41 Å². The Labute approximate surface area is 169 Å². The summed E-state index contributed by atoms with van der Waals surface area (Å²) in [6.45, 7) is 4.87. The molecule has 0 spiro atoms. The Morgan fingerprint density at radius 1 is 0.767 bits per heavy atom. The molecule has 0 aliphatic carbocycles. The van der Waals surface area contributed by atoms with Crippen molar-refractivity contribution in [1.29, 1.82) is 0 Å². The number of rotatable bonds is 4. The van der Waals surface area contributed by atoms with E-state index in [1.165, 1.54) is 0 Å². The lowest BCUT2D eigenvalue weighted by atomic mass is 9.90. The SMILES string of the molecule is CC(C)(C)C(=O)C(=Nc1ccc(C(F)(F)F)cc1)NNc1ccc(C(F)(F)F)cc1. The number of carbonyl (C=O) groups is 1. The second-order valence-electron chi connectivity index (χ2n) is 7.41. The Morgan fingerprint density at radius 3 is 1.60 bits per heavy atom. The first-order valence-electron chi connectivity index (χ1n) is 8.68. The summed E-state index contributed by atoms with van der Waals surface area (Å²) in [7, 11) is 0. The van der Waals surface area contributed by atoms with Crippen molar-refractivity contribution in [2.75, 3.05) is 5.43 Å². The normalized spacial score (nSPS) is 13.2. The van der Waals surface area contributed by atoms with E-state index in [1.807, 2.05) is 0 Å². The van der Waals surface area contributed by atoms with E-state index in [-0.39, 0.29) is 17.2 Å². The summed E-state index contributed by atoms with van der Waals surface area (Å²) in [5.41, 5.74) is 2.87. The average Bonchev–Trinajstić information content (AvgIpc) is 2.63. The van der Waals surface area contributed by atoms with E-state index in [1.54, 1.807) is 20.8 Å². The van der Waals surface area contributed by atoms with Crippen molar-refractivity contribution >= 4 is 23.0 Å². The van der Waals surface area contributed by atoms with Crippen LogP contribution in [0, 0.1) is 5.41 Å². The Hall–Kier alpha value is -3.04. The van der Waals surface area contributed by atoms with Gasteiger partial charge in [0.15, 0.2) is 5.84 Å². The molecule has 2 N–H and O–H groups in total. The molecule has 0 atom stereocenters. The van der Waals surface area contributed by atoms with Crippen LogP contribution in [0.2, 0.25) is 0 Å². The number of hydrogen-bond acceptors (Lipinski definition) is 3. The highest BCUT2D eigenvalue weighted by molar-refractivity contribution is 6.41. The molecule has 30 heavy (non-hydrogen) atoms. The fourth-order valence-corrected chi connectivity index (χ4v) is 2.22. The minimum Gasteiger partial charge on any atom is -0.300 e. The number of nitrogens with zero attached hydrogens (tertiary/aromatic N) is 1. The van der Waals surface area contributed by atoms with Crippen LogP contribution in [0.25, 0.3) is 0 Å². The topological polar surface area (TPSA) is 53.5 Å². The number of amidine groups is 1. The summed E-state index contributed by atoms with van der Waals surface area (Å²) >= 11 is 0. The molecule has 2 aromatic rings. The Kier molecular flexibility index (Phi) is 6.48. The van der Waals surface area contributed by atoms with Gasteiger partial charge in [-0.25, -0.2) is 4.99 Å². The van der Waals surface area contributed by atoms with Crippen molar-refractivity contribution in [2.45, 2.75) is 33.1 Å². The van der Waals surface area contributed by atoms with Crippen LogP contribution in [-0.4, -0.2) is 11.6 Å². The molecule has 0 saturated carbocycles. The van der Waals surface area contributed by atoms with Gasteiger partial charge in [-0.2, -0.15) is 26.3 Å². The second-order valence-corrected chi connectivity index (χ2v) is 7.41. The molecule has 10 heteroatoms. The van der Waals surface area contributed by atoms with Crippen LogP contribution in [-0.2, 0) is 17.1 Å². The van der Waals surface area contributed by atoms with Crippen LogP contribution in [0.5, 0.6) is 0 Å². The Bertz CT molecular complexity index is 908. The van der Waals surface area contributed by atoms with Crippen molar-refractivity contribution in [3.63, 3.8) is 0 Å². The monoisotopic (exact) mass is 431 g/mol. The fraction of sp³-hybridized carbons (Fsp3) is 0.300. The summed E-state index contributed by atoms with van der Waals surface area (Å²) < 4.78 is 76.0. The van der Waals surface area contributed by atoms with Gasteiger partial charge in [0.2, 0.25) is 5.78 Å². The van der Waals surface area contributed by atoms with Crippen molar-refractivity contribution < 1.29 is 31.1 Å². The number of halogens is 6. The van der Waals surface area contributed by atoms with Crippen molar-refractivity contribution in [1.82, 2.24) is 5.43 Å². The molecule has 0 aliphatic heterocycles. The molecule has 2 aromatic carbocycles. The molecular weight excluding hydrogens is 412 g/mol. The number of anilines is 1. The summed E-state index contributed by atoms with van der Waals surface area (Å²) in [6, 6.07) is 7.94. The predicted octanol–water partition coefficient (Wildman–Crippen LogP) is 5.99. The second kappa shape index (κ2) is 8.37. The predicted molar refractivity (Wildman–Crippen MR) is 101 cm³/mol. The molecule has 2 rings (SSSR count). The van der Waals surface area contributed by atoms with Gasteiger partial charge < -0.3 is 0 Å². The molecule has 0 fully saturated rings. The summed E-state index contributed by atoms with van der Waals surface area (Å²) in [5, 5.41) is 0. The highest BCUT2D eigenvalue weighted by Crippen LogP contribution is 2.31. The lowest BCUT2D eigenvalue weighted by Crippen LogP contribution is -2.41. The summed E-state index contributed by atoms with van der Waals surface area (Å²) in [4.78, 5) is 16.7. The number of aliphatic imine (C=N–C) groups is 1. The summed E-state index contributed by atoms with van der Waals surface area (Å²) in [6.07, 6.45) is -8.99. The number of hydrazine groups is 1. The number of Topliss-reactive ketones (excluding diaryl/α,β-unsaturated/α-hetero) is 1. The number of nitrogens with one attached hydrogen (secondary N) is 2. The van der Waals surface area contributed by atoms with Crippen LogP contribution in [0.4, 0.5) is 37.7 Å². The third kappa shape index (κ3) is 6.23. The van der Waals surface area contributed by atoms with E-state index in [9.17, 15) is 31.1 Å². The standard InChI is InChI=1S/C20H19F6N3O/c1-18(2,3)16(30)17(27-14-8-4-12(5-9-14)19(21,22)23)29-28-15-10-6-13(7-11-15)20(24,25)26/h4-11,28H,1-3H3,(H,27,29). The van der Waals surface area contributed by atoms with Gasteiger partial charge in [0.25, 0.3) is 0 Å². The summed E-state index contributed by atoms with van der Waals surface area (Å²) in [5.74, 6) is -0.663. The van der Waals surface area contributed by atoms with Crippen LogP contribution < -0.4 is 10.9 Å². The van der Waals surface area contributed by atoms with Crippen molar-refractivity contribution in [3.8, 4) is 0 Å². The third-order valence-corrected chi connectivity index (χ3v) is 3.87. The van der Waals surface area contributed by atoms with E-state index in [0.29, 0.717) is 0 Å². The molecule has 4 nitrogen and oxygen atoms in total. The highest BCUT2D eigenvalue weighted by atomic mass is 19.4. The van der Waals surface area contributed by atoms with E-state index in [0.717, 1.165) is 48.5 Å². The van der Waals surface area contributed by atoms with Crippen molar-refractivity contribution in [2.24, 2.45) is 10.4 Å². The maximum absolute atomic E-state index is 12.7. The van der Waals surface area contributed by atoms with E-state index in [4.69, 9.17) is 0 Å². The van der Waals surface area contributed by atoms with E-state index in [2.05, 4.69) is 15.8 Å². The average molecular weight is 431 g/mol. The number of ketones is 1. The van der Waals surface area contributed by atoms with Crippen LogP contribution in [0.1, 0.15) is 31.9 Å². The minimum absolute atomic E-state index is 0.0947. The lowest BCUT2D eigenvalue weighted by Gasteiger charge is -2.20. The quantitative estimate of drug-likeness (QED) is 0.271. The van der Waals surface area contributed by atoms with Gasteiger partial charge in [-0.05, 0) is 48.5 Å². The van der Waals surface area contributed by atoms with Gasteiger partial charge in [0.05, 0.1) is 22.5 Å². The third-order valence-electron chi connectivity index (χ3n) is 3.87. The van der Waals surface area contributed by atoms with Gasteiger partial charge in [-0.15, -0.1) is 0 Å². The molecule has 0 saturated heterocycles. The zero-order valence-electron chi connectivity index (χ0n) is 16.2. The largest absolute Gasteiger partial charge is 0.416 e. The first kappa shape index (κ1) is 23.2. The number of hydrogen-bond donors (Lipinski definition) is 2.